The lowest BCUT2D eigenvalue weighted by molar-refractivity contribution is -0.554. The normalized spacial score (nSPS) is 51.8. The molecular formula is C13H22O5. The van der Waals surface area contributed by atoms with Crippen LogP contribution in [-0.4, -0.2) is 36.5 Å². The van der Waals surface area contributed by atoms with Crippen LogP contribution in [0.5, 0.6) is 0 Å². The van der Waals surface area contributed by atoms with Gasteiger partial charge in [0.25, 0.3) is 0 Å². The van der Waals surface area contributed by atoms with E-state index in [4.69, 9.17) is 19.2 Å². The zero-order chi connectivity index (χ0) is 12.8. The van der Waals surface area contributed by atoms with Crippen molar-refractivity contribution in [2.45, 2.75) is 56.7 Å². The molecule has 3 aliphatic heterocycles. The molecule has 0 aromatic heterocycles. The van der Waals surface area contributed by atoms with Crippen molar-refractivity contribution in [2.75, 3.05) is 13.7 Å². The molecule has 1 N–H and O–H groups in total. The first-order valence-electron chi connectivity index (χ1n) is 6.83. The predicted octanol–water partition coefficient (Wildman–Crippen LogP) is 1.59. The maximum absolute atomic E-state index is 9.59. The van der Waals surface area contributed by atoms with E-state index in [0.717, 1.165) is 25.7 Å². The number of aliphatic hydroxyl groups is 1. The number of methoxy groups -OCH3 is 1. The Labute approximate surface area is 107 Å². The Morgan fingerprint density at radius 2 is 2.17 bits per heavy atom. The van der Waals surface area contributed by atoms with E-state index < -0.39 is 17.7 Å². The molecule has 1 spiro atoms. The Bertz CT molecular complexity index is 323. The van der Waals surface area contributed by atoms with Crippen LogP contribution in [0.1, 0.15) is 39.0 Å². The Balaban J connectivity index is 1.99. The first-order valence-corrected chi connectivity index (χ1v) is 6.83. The first-order chi connectivity index (χ1) is 8.64. The summed E-state index contributed by atoms with van der Waals surface area (Å²) in [7, 11) is 1.65. The largest absolute Gasteiger partial charge is 0.396 e. The van der Waals surface area contributed by atoms with Gasteiger partial charge in [-0.15, -0.1) is 0 Å². The van der Waals surface area contributed by atoms with Gasteiger partial charge in [-0.25, -0.2) is 9.78 Å². The minimum absolute atomic E-state index is 0.0445. The third-order valence-electron chi connectivity index (χ3n) is 4.91. The number of ether oxygens (including phenoxy) is 2. The lowest BCUT2D eigenvalue weighted by atomic mass is 9.71. The van der Waals surface area contributed by atoms with E-state index in [-0.39, 0.29) is 12.5 Å². The number of fused-ring (bicyclic) bond motifs is 3. The highest BCUT2D eigenvalue weighted by Gasteiger charge is 2.62. The Kier molecular flexibility index (Phi) is 3.15. The van der Waals surface area contributed by atoms with E-state index >= 15 is 0 Å². The van der Waals surface area contributed by atoms with Gasteiger partial charge in [0.05, 0.1) is 6.61 Å². The highest BCUT2D eigenvalue weighted by Crippen LogP contribution is 2.53. The summed E-state index contributed by atoms with van der Waals surface area (Å²) in [6.45, 7) is 1.87. The van der Waals surface area contributed by atoms with Crippen LogP contribution in [0.4, 0.5) is 0 Å². The zero-order valence-corrected chi connectivity index (χ0v) is 11.1. The van der Waals surface area contributed by atoms with Crippen molar-refractivity contribution in [2.24, 2.45) is 11.8 Å². The van der Waals surface area contributed by atoms with E-state index in [9.17, 15) is 5.11 Å². The van der Waals surface area contributed by atoms with Crippen molar-refractivity contribution < 1.29 is 24.4 Å². The van der Waals surface area contributed by atoms with Gasteiger partial charge < -0.3 is 14.6 Å². The van der Waals surface area contributed by atoms with Crippen LogP contribution < -0.4 is 0 Å². The molecule has 5 nitrogen and oxygen atoms in total. The van der Waals surface area contributed by atoms with Gasteiger partial charge in [-0.1, -0.05) is 12.8 Å². The van der Waals surface area contributed by atoms with Gasteiger partial charge in [-0.3, -0.25) is 0 Å². The Morgan fingerprint density at radius 1 is 1.33 bits per heavy atom. The van der Waals surface area contributed by atoms with Gasteiger partial charge in [0, 0.05) is 13.0 Å². The molecule has 1 aliphatic carbocycles. The number of hydrogen-bond donors (Lipinski definition) is 1. The van der Waals surface area contributed by atoms with Crippen molar-refractivity contribution in [3.63, 3.8) is 0 Å². The highest BCUT2D eigenvalue weighted by molar-refractivity contribution is 5.01. The zero-order valence-electron chi connectivity index (χ0n) is 11.1. The molecule has 2 bridgehead atoms. The third-order valence-corrected chi connectivity index (χ3v) is 4.91. The summed E-state index contributed by atoms with van der Waals surface area (Å²) in [5.74, 6) is -0.641. The van der Waals surface area contributed by atoms with Crippen LogP contribution in [0.25, 0.3) is 0 Å². The molecule has 5 heteroatoms. The predicted molar refractivity (Wildman–Crippen MR) is 62.3 cm³/mol. The van der Waals surface area contributed by atoms with Crippen LogP contribution in [0.15, 0.2) is 0 Å². The summed E-state index contributed by atoms with van der Waals surface area (Å²) in [6.07, 6.45) is 4.74. The van der Waals surface area contributed by atoms with Crippen LogP contribution in [0, 0.1) is 11.8 Å². The maximum atomic E-state index is 9.59. The molecule has 0 unspecified atom stereocenters. The van der Waals surface area contributed by atoms with E-state index in [2.05, 4.69) is 0 Å². The van der Waals surface area contributed by atoms with E-state index in [0.29, 0.717) is 5.92 Å². The average molecular weight is 258 g/mol. The van der Waals surface area contributed by atoms with E-state index in [1.54, 1.807) is 7.11 Å². The van der Waals surface area contributed by atoms with Crippen molar-refractivity contribution in [3.05, 3.63) is 0 Å². The molecule has 4 fully saturated rings. The van der Waals surface area contributed by atoms with Crippen LogP contribution >= 0.6 is 0 Å². The van der Waals surface area contributed by atoms with Gasteiger partial charge in [0.15, 0.2) is 11.9 Å². The Morgan fingerprint density at radius 3 is 2.89 bits per heavy atom. The minimum atomic E-state index is -0.905. The monoisotopic (exact) mass is 258 g/mol. The molecule has 4 aliphatic rings. The minimum Gasteiger partial charge on any atom is -0.396 e. The average Bonchev–Trinajstić information content (AvgIpc) is 2.59. The van der Waals surface area contributed by atoms with Crippen molar-refractivity contribution in [1.29, 1.82) is 0 Å². The first kappa shape index (κ1) is 12.8. The molecule has 18 heavy (non-hydrogen) atoms. The molecule has 3 heterocycles. The highest BCUT2D eigenvalue weighted by atomic mass is 17.3. The molecule has 0 amide bonds. The van der Waals surface area contributed by atoms with Gasteiger partial charge in [-0.2, -0.15) is 0 Å². The topological polar surface area (TPSA) is 57.2 Å². The summed E-state index contributed by atoms with van der Waals surface area (Å²) in [6, 6.07) is 0. The summed E-state index contributed by atoms with van der Waals surface area (Å²) in [5, 5.41) is 9.59. The fraction of sp³-hybridized carbons (Fsp3) is 1.00. The van der Waals surface area contributed by atoms with Gasteiger partial charge in [0.1, 0.15) is 0 Å². The summed E-state index contributed by atoms with van der Waals surface area (Å²) >= 11 is 0. The molecule has 0 aromatic carbocycles. The van der Waals surface area contributed by atoms with Crippen LogP contribution in [0.2, 0.25) is 0 Å². The second-order valence-corrected chi connectivity index (χ2v) is 5.88. The molecular weight excluding hydrogens is 236 g/mol. The molecule has 104 valence electrons. The van der Waals surface area contributed by atoms with Gasteiger partial charge in [-0.05, 0) is 32.1 Å². The third kappa shape index (κ3) is 1.65. The fourth-order valence-electron chi connectivity index (χ4n) is 3.72. The van der Waals surface area contributed by atoms with Crippen LogP contribution in [0.3, 0.4) is 0 Å². The standard InChI is InChI=1S/C13H22O5/c1-12-10(8-14)7-9-5-3-4-6-13(9,18-17-12)11(15-2)16-12/h9-11,14H,3-8H2,1-2H3/t9-,10-,11+,12-,13+/m1/s1. The quantitative estimate of drug-likeness (QED) is 0.762. The molecule has 1 saturated carbocycles. The second-order valence-electron chi connectivity index (χ2n) is 5.88. The number of hydrogen-bond acceptors (Lipinski definition) is 5. The molecule has 5 atom stereocenters. The van der Waals surface area contributed by atoms with Crippen molar-refractivity contribution >= 4 is 0 Å². The molecule has 0 aromatic rings. The fourth-order valence-corrected chi connectivity index (χ4v) is 3.72. The van der Waals surface area contributed by atoms with Crippen LogP contribution in [-0.2, 0) is 19.2 Å². The molecule has 4 rings (SSSR count). The SMILES string of the molecule is CO[C@H]1O[C@]2(C)OO[C@]13CCCC[C@@H]3C[C@@H]2CO. The number of rotatable bonds is 2. The van der Waals surface area contributed by atoms with Gasteiger partial charge in [0.2, 0.25) is 5.79 Å². The van der Waals surface area contributed by atoms with E-state index in [1.807, 2.05) is 6.92 Å². The van der Waals surface area contributed by atoms with Crippen molar-refractivity contribution in [1.82, 2.24) is 0 Å². The smallest absolute Gasteiger partial charge is 0.206 e. The van der Waals surface area contributed by atoms with Crippen molar-refractivity contribution in [3.8, 4) is 0 Å². The summed E-state index contributed by atoms with van der Waals surface area (Å²) in [5.41, 5.74) is -0.490. The number of aliphatic hydroxyl groups excluding tert-OH is 1. The summed E-state index contributed by atoms with van der Waals surface area (Å²) < 4.78 is 11.5. The Hall–Kier alpha value is -0.200. The lowest BCUT2D eigenvalue weighted by Gasteiger charge is -2.49. The second kappa shape index (κ2) is 4.42. The lowest BCUT2D eigenvalue weighted by Crippen LogP contribution is -2.60. The van der Waals surface area contributed by atoms with Gasteiger partial charge >= 0.3 is 0 Å². The maximum Gasteiger partial charge on any atom is 0.206 e. The molecule has 0 radical (unpaired) electrons. The van der Waals surface area contributed by atoms with E-state index in [1.165, 1.54) is 6.42 Å². The summed E-state index contributed by atoms with van der Waals surface area (Å²) in [4.78, 5) is 11.3. The molecule has 3 saturated heterocycles.